The molecular weight excluding hydrogens is 462 g/mol. The van der Waals surface area contributed by atoms with Crippen molar-refractivity contribution in [3.63, 3.8) is 0 Å². The van der Waals surface area contributed by atoms with Crippen LogP contribution in [0.1, 0.15) is 33.6 Å². The number of carbonyl (C=O) groups is 1. The first-order valence-electron chi connectivity index (χ1n) is 10.9. The van der Waals surface area contributed by atoms with Crippen molar-refractivity contribution in [3.8, 4) is 17.1 Å². The van der Waals surface area contributed by atoms with Crippen LogP contribution in [0.2, 0.25) is 5.02 Å². The molecule has 0 aromatic carbocycles. The summed E-state index contributed by atoms with van der Waals surface area (Å²) in [5, 5.41) is 21.1. The van der Waals surface area contributed by atoms with Crippen molar-refractivity contribution in [2.24, 2.45) is 0 Å². The topological polar surface area (TPSA) is 138 Å². The Bertz CT molecular complexity index is 1190. The molecule has 1 saturated heterocycles. The van der Waals surface area contributed by atoms with Gasteiger partial charge in [0.1, 0.15) is 22.0 Å². The molecule has 0 atom stereocenters. The summed E-state index contributed by atoms with van der Waals surface area (Å²) in [5.41, 5.74) is 0.718. The van der Waals surface area contributed by atoms with Crippen molar-refractivity contribution < 1.29 is 19.4 Å². The van der Waals surface area contributed by atoms with E-state index in [9.17, 15) is 9.90 Å². The SMILES string of the molecule is COc1nccc(-c2[nH]nc3nc(N4CCC(O)(CNC(=O)OC(C)(C)C)CC4)cnc23)c1Cl. The van der Waals surface area contributed by atoms with Crippen LogP contribution in [0.25, 0.3) is 22.4 Å². The van der Waals surface area contributed by atoms with Gasteiger partial charge in [0.2, 0.25) is 11.5 Å². The molecule has 3 aromatic rings. The summed E-state index contributed by atoms with van der Waals surface area (Å²) >= 11 is 6.41. The van der Waals surface area contributed by atoms with E-state index in [2.05, 4.69) is 30.5 Å². The van der Waals surface area contributed by atoms with Crippen molar-refractivity contribution in [2.75, 3.05) is 31.6 Å². The molecule has 182 valence electrons. The largest absolute Gasteiger partial charge is 0.480 e. The lowest BCUT2D eigenvalue weighted by atomic mass is 9.91. The van der Waals surface area contributed by atoms with E-state index in [1.807, 2.05) is 4.90 Å². The predicted molar refractivity (Wildman–Crippen MR) is 127 cm³/mol. The maximum atomic E-state index is 11.9. The number of nitrogens with one attached hydrogen (secondary N) is 2. The van der Waals surface area contributed by atoms with Gasteiger partial charge in [-0.25, -0.2) is 19.7 Å². The number of halogens is 1. The zero-order chi connectivity index (χ0) is 24.5. The van der Waals surface area contributed by atoms with Crippen LogP contribution in [0.3, 0.4) is 0 Å². The second kappa shape index (κ2) is 9.22. The number of carbonyl (C=O) groups excluding carboxylic acids is 1. The fourth-order valence-electron chi connectivity index (χ4n) is 3.77. The molecule has 1 fully saturated rings. The van der Waals surface area contributed by atoms with Gasteiger partial charge < -0.3 is 24.8 Å². The van der Waals surface area contributed by atoms with Gasteiger partial charge in [0, 0.05) is 31.4 Å². The average Bonchev–Trinajstić information content (AvgIpc) is 3.20. The van der Waals surface area contributed by atoms with E-state index in [4.69, 9.17) is 21.1 Å². The molecule has 0 radical (unpaired) electrons. The van der Waals surface area contributed by atoms with Crippen LogP contribution in [0, 0.1) is 0 Å². The van der Waals surface area contributed by atoms with Crippen LogP contribution >= 0.6 is 11.6 Å². The number of H-pyrrole nitrogens is 1. The van der Waals surface area contributed by atoms with Gasteiger partial charge in [0.05, 0.1) is 24.6 Å². The van der Waals surface area contributed by atoms with E-state index < -0.39 is 17.3 Å². The molecular formula is C22H28ClN7O4. The Balaban J connectivity index is 1.43. The summed E-state index contributed by atoms with van der Waals surface area (Å²) in [6.45, 7) is 6.61. The number of amides is 1. The molecule has 1 aliphatic heterocycles. The van der Waals surface area contributed by atoms with E-state index >= 15 is 0 Å². The number of hydrogen-bond donors (Lipinski definition) is 3. The Hall–Kier alpha value is -3.18. The Morgan fingerprint density at radius 2 is 2.06 bits per heavy atom. The highest BCUT2D eigenvalue weighted by molar-refractivity contribution is 6.34. The number of aromatic nitrogens is 5. The van der Waals surface area contributed by atoms with Crippen LogP contribution in [-0.2, 0) is 4.74 Å². The number of aliphatic hydroxyl groups is 1. The van der Waals surface area contributed by atoms with Crippen molar-refractivity contribution in [1.29, 1.82) is 0 Å². The van der Waals surface area contributed by atoms with Crippen LogP contribution in [-0.4, -0.2) is 74.3 Å². The summed E-state index contributed by atoms with van der Waals surface area (Å²) in [6, 6.07) is 1.75. The first-order chi connectivity index (χ1) is 16.1. The molecule has 1 amide bonds. The highest BCUT2D eigenvalue weighted by Gasteiger charge is 2.34. The summed E-state index contributed by atoms with van der Waals surface area (Å²) in [7, 11) is 1.50. The van der Waals surface area contributed by atoms with Gasteiger partial charge in [0.25, 0.3) is 0 Å². The average molecular weight is 490 g/mol. The monoisotopic (exact) mass is 489 g/mol. The molecule has 3 N–H and O–H groups in total. The van der Waals surface area contributed by atoms with Crippen molar-refractivity contribution in [1.82, 2.24) is 30.5 Å². The highest BCUT2D eigenvalue weighted by Crippen LogP contribution is 2.35. The molecule has 1 aliphatic rings. The Morgan fingerprint density at radius 3 is 2.74 bits per heavy atom. The molecule has 0 saturated carbocycles. The number of pyridine rings is 1. The number of anilines is 1. The maximum absolute atomic E-state index is 11.9. The van der Waals surface area contributed by atoms with Crippen LogP contribution < -0.4 is 15.0 Å². The third-order valence-electron chi connectivity index (χ3n) is 5.55. The molecule has 0 unspecified atom stereocenters. The van der Waals surface area contributed by atoms with Crippen LogP contribution in [0.4, 0.5) is 10.6 Å². The molecule has 12 heteroatoms. The number of aromatic amines is 1. The van der Waals surface area contributed by atoms with Crippen LogP contribution in [0.15, 0.2) is 18.5 Å². The molecule has 0 aliphatic carbocycles. The molecule has 0 spiro atoms. The summed E-state index contributed by atoms with van der Waals surface area (Å²) in [5.74, 6) is 0.972. The summed E-state index contributed by atoms with van der Waals surface area (Å²) < 4.78 is 10.4. The summed E-state index contributed by atoms with van der Waals surface area (Å²) in [6.07, 6.45) is 3.65. The highest BCUT2D eigenvalue weighted by atomic mass is 35.5. The number of hydrogen-bond acceptors (Lipinski definition) is 9. The smallest absolute Gasteiger partial charge is 0.407 e. The quantitative estimate of drug-likeness (QED) is 0.493. The fourth-order valence-corrected chi connectivity index (χ4v) is 4.05. The lowest BCUT2D eigenvalue weighted by Crippen LogP contribution is -2.51. The van der Waals surface area contributed by atoms with Gasteiger partial charge in [-0.05, 0) is 39.7 Å². The molecule has 4 heterocycles. The standard InChI is InChI=1S/C22H28ClN7O4/c1-21(2,3)34-20(31)26-12-22(32)6-9-30(10-7-22)14-11-25-17-16(28-29-18(17)27-14)13-5-8-24-19(33-4)15(13)23/h5,8,11,32H,6-7,9-10,12H2,1-4H3,(H,26,31)(H,27,28,29). The molecule has 4 rings (SSSR count). The Labute approximate surface area is 201 Å². The molecule has 11 nitrogen and oxygen atoms in total. The van der Waals surface area contributed by atoms with Crippen molar-refractivity contribution in [3.05, 3.63) is 23.5 Å². The lowest BCUT2D eigenvalue weighted by Gasteiger charge is -2.38. The number of piperidine rings is 1. The van der Waals surface area contributed by atoms with Gasteiger partial charge in [0.15, 0.2) is 0 Å². The number of nitrogens with zero attached hydrogens (tertiary/aromatic N) is 5. The minimum atomic E-state index is -1.01. The van der Waals surface area contributed by atoms with Gasteiger partial charge in [-0.3, -0.25) is 5.10 Å². The van der Waals surface area contributed by atoms with Crippen LogP contribution in [0.5, 0.6) is 5.88 Å². The van der Waals surface area contributed by atoms with E-state index in [1.165, 1.54) is 7.11 Å². The Morgan fingerprint density at radius 1 is 1.32 bits per heavy atom. The van der Waals surface area contributed by atoms with E-state index in [0.717, 1.165) is 0 Å². The first kappa shape index (κ1) is 24.0. The number of methoxy groups -OCH3 is 1. The minimum Gasteiger partial charge on any atom is -0.480 e. The minimum absolute atomic E-state index is 0.124. The molecule has 0 bridgehead atoms. The number of ether oxygens (including phenoxy) is 2. The predicted octanol–water partition coefficient (Wildman–Crippen LogP) is 2.93. The Kier molecular flexibility index (Phi) is 6.50. The van der Waals surface area contributed by atoms with E-state index in [-0.39, 0.29) is 6.54 Å². The lowest BCUT2D eigenvalue weighted by molar-refractivity contribution is 0.00791. The van der Waals surface area contributed by atoms with Crippen molar-refractivity contribution in [2.45, 2.75) is 44.8 Å². The van der Waals surface area contributed by atoms with Gasteiger partial charge >= 0.3 is 6.09 Å². The number of rotatable bonds is 5. The number of fused-ring (bicyclic) bond motifs is 1. The van der Waals surface area contributed by atoms with Crippen molar-refractivity contribution >= 4 is 34.7 Å². The zero-order valence-electron chi connectivity index (χ0n) is 19.6. The van der Waals surface area contributed by atoms with E-state index in [1.54, 1.807) is 39.2 Å². The third kappa shape index (κ3) is 5.15. The van der Waals surface area contributed by atoms with Gasteiger partial charge in [-0.1, -0.05) is 11.6 Å². The van der Waals surface area contributed by atoms with Gasteiger partial charge in [-0.15, -0.1) is 0 Å². The fraction of sp³-hybridized carbons (Fsp3) is 0.500. The second-order valence-corrected chi connectivity index (χ2v) is 9.63. The normalized spacial score (nSPS) is 15.9. The van der Waals surface area contributed by atoms with E-state index in [0.29, 0.717) is 65.1 Å². The second-order valence-electron chi connectivity index (χ2n) is 9.25. The molecule has 3 aromatic heterocycles. The summed E-state index contributed by atoms with van der Waals surface area (Å²) in [4.78, 5) is 27.2. The third-order valence-corrected chi connectivity index (χ3v) is 5.92. The first-order valence-corrected chi connectivity index (χ1v) is 11.3. The van der Waals surface area contributed by atoms with Gasteiger partial charge in [-0.2, -0.15) is 5.10 Å². The number of alkyl carbamates (subject to hydrolysis) is 1. The zero-order valence-corrected chi connectivity index (χ0v) is 20.3. The molecule has 34 heavy (non-hydrogen) atoms. The maximum Gasteiger partial charge on any atom is 0.407 e.